The van der Waals surface area contributed by atoms with E-state index in [4.69, 9.17) is 10.5 Å². The number of aliphatic carboxylic acids is 1. The fourth-order valence-corrected chi connectivity index (χ4v) is 11.0. The SMILES string of the molecule is CC(=O)OC1CC2(C)[C@H](/C1=C(/C(=O)O)C1CCC(=C(C)C)C1)[C@H](N)C[C@H]1C3(C)CC[C@@H](O)C(C)[C@@H]3CCC12C. The fourth-order valence-electron chi connectivity index (χ4n) is 11.0. The Morgan fingerprint density at radius 2 is 1.72 bits per heavy atom. The maximum absolute atomic E-state index is 13.1. The molecule has 0 aromatic heterocycles. The largest absolute Gasteiger partial charge is 0.478 e. The lowest BCUT2D eigenvalue weighted by molar-refractivity contribution is -0.201. The van der Waals surface area contributed by atoms with Gasteiger partial charge >= 0.3 is 11.9 Å². The van der Waals surface area contributed by atoms with Gasteiger partial charge in [-0.3, -0.25) is 4.79 Å². The Bertz CT molecular complexity index is 1110. The topological polar surface area (TPSA) is 110 Å². The molecule has 6 nitrogen and oxygen atoms in total. The van der Waals surface area contributed by atoms with Gasteiger partial charge in [-0.25, -0.2) is 4.79 Å². The van der Waals surface area contributed by atoms with Gasteiger partial charge in [0.2, 0.25) is 0 Å². The van der Waals surface area contributed by atoms with Crippen molar-refractivity contribution in [3.05, 3.63) is 22.3 Å². The molecule has 4 N–H and O–H groups in total. The number of rotatable bonds is 3. The predicted octanol–water partition coefficient (Wildman–Crippen LogP) is 6.02. The lowest BCUT2D eigenvalue weighted by Crippen LogP contribution is -2.65. The highest BCUT2D eigenvalue weighted by molar-refractivity contribution is 5.89. The minimum absolute atomic E-state index is 0.0642. The second-order valence-corrected chi connectivity index (χ2v) is 14.9. The first-order chi connectivity index (χ1) is 18.2. The number of esters is 1. The van der Waals surface area contributed by atoms with Crippen LogP contribution in [0.15, 0.2) is 22.3 Å². The van der Waals surface area contributed by atoms with Crippen LogP contribution in [0.1, 0.15) is 106 Å². The molecule has 218 valence electrons. The van der Waals surface area contributed by atoms with E-state index in [2.05, 4.69) is 41.5 Å². The Labute approximate surface area is 234 Å². The van der Waals surface area contributed by atoms with Crippen molar-refractivity contribution >= 4 is 11.9 Å². The zero-order chi connectivity index (χ0) is 28.7. The number of allylic oxidation sites excluding steroid dienone is 2. The van der Waals surface area contributed by atoms with Crippen molar-refractivity contribution in [3.8, 4) is 0 Å². The highest BCUT2D eigenvalue weighted by Gasteiger charge is 2.70. The van der Waals surface area contributed by atoms with Crippen molar-refractivity contribution in [1.29, 1.82) is 0 Å². The van der Waals surface area contributed by atoms with Gasteiger partial charge in [-0.1, -0.05) is 38.8 Å². The van der Waals surface area contributed by atoms with Gasteiger partial charge < -0.3 is 20.7 Å². The molecule has 5 fully saturated rings. The summed E-state index contributed by atoms with van der Waals surface area (Å²) >= 11 is 0. The van der Waals surface area contributed by atoms with Crippen LogP contribution < -0.4 is 5.73 Å². The summed E-state index contributed by atoms with van der Waals surface area (Å²) in [5, 5.41) is 21.4. The molecule has 6 unspecified atom stereocenters. The van der Waals surface area contributed by atoms with E-state index < -0.39 is 12.1 Å². The molecule has 0 bridgehead atoms. The molecule has 0 aliphatic heterocycles. The molecule has 0 aromatic rings. The summed E-state index contributed by atoms with van der Waals surface area (Å²) in [5.74, 6) is -0.329. The van der Waals surface area contributed by atoms with Crippen LogP contribution in [0, 0.1) is 45.8 Å². The number of carboxylic acid groups (broad SMARTS) is 1. The van der Waals surface area contributed by atoms with E-state index >= 15 is 0 Å². The lowest BCUT2D eigenvalue weighted by atomic mass is 9.36. The Kier molecular flexibility index (Phi) is 7.19. The molecule has 5 aliphatic rings. The van der Waals surface area contributed by atoms with Crippen LogP contribution in [-0.4, -0.2) is 40.4 Å². The number of aliphatic hydroxyl groups excluding tert-OH is 1. The average Bonchev–Trinajstić information content (AvgIpc) is 3.43. The minimum atomic E-state index is -0.878. The fraction of sp³-hybridized carbons (Fsp3) is 0.818. The molecule has 5 aliphatic carbocycles. The number of hydrogen-bond acceptors (Lipinski definition) is 5. The van der Waals surface area contributed by atoms with E-state index in [1.165, 1.54) is 18.1 Å². The van der Waals surface area contributed by atoms with E-state index in [1.807, 2.05) is 0 Å². The molecular weight excluding hydrogens is 490 g/mol. The number of aliphatic hydroxyl groups is 1. The van der Waals surface area contributed by atoms with Gasteiger partial charge in [0, 0.05) is 24.5 Å². The summed E-state index contributed by atoms with van der Waals surface area (Å²) in [5.41, 5.74) is 10.8. The van der Waals surface area contributed by atoms with Crippen LogP contribution in [0.2, 0.25) is 0 Å². The third-order valence-corrected chi connectivity index (χ3v) is 13.1. The quantitative estimate of drug-likeness (QED) is 0.229. The Morgan fingerprint density at radius 3 is 2.31 bits per heavy atom. The second-order valence-electron chi connectivity index (χ2n) is 14.9. The number of hydrogen-bond donors (Lipinski definition) is 3. The summed E-state index contributed by atoms with van der Waals surface area (Å²) < 4.78 is 6.02. The molecule has 0 heterocycles. The molecule has 5 saturated carbocycles. The normalized spacial score (nSPS) is 48.6. The van der Waals surface area contributed by atoms with Crippen molar-refractivity contribution < 1.29 is 24.5 Å². The zero-order valence-electron chi connectivity index (χ0n) is 25.2. The number of fused-ring (bicyclic) bond motifs is 5. The summed E-state index contributed by atoms with van der Waals surface area (Å²) in [7, 11) is 0. The number of nitrogens with two attached hydrogens (primary N) is 1. The standard InChI is InChI=1S/C33H51NO5/c1-17(2)20-8-9-21(14-20)27(30(37)38)28-25(39-19(4)35)16-33(7)29(28)23(34)15-26-31(5)12-11-24(36)18(3)22(31)10-13-32(26,33)6/h18,21-26,29,36H,8-16,34H2,1-7H3,(H,37,38)/b28-27+/t18?,21?,22-,23+,24+,25?,26-,29-,31?,32?,33?/m0/s1. The molecule has 39 heavy (non-hydrogen) atoms. The van der Waals surface area contributed by atoms with Crippen molar-refractivity contribution in [1.82, 2.24) is 0 Å². The lowest BCUT2D eigenvalue weighted by Gasteiger charge is -2.68. The van der Waals surface area contributed by atoms with Gasteiger partial charge in [-0.15, -0.1) is 0 Å². The number of carboxylic acids is 1. The summed E-state index contributed by atoms with van der Waals surface area (Å²) in [4.78, 5) is 25.5. The Morgan fingerprint density at radius 1 is 1.03 bits per heavy atom. The predicted molar refractivity (Wildman–Crippen MR) is 152 cm³/mol. The number of carbonyl (C=O) groups excluding carboxylic acids is 1. The highest BCUT2D eigenvalue weighted by Crippen LogP contribution is 2.74. The molecule has 5 rings (SSSR count). The van der Waals surface area contributed by atoms with Crippen molar-refractivity contribution in [2.45, 2.75) is 125 Å². The smallest absolute Gasteiger partial charge is 0.331 e. The minimum Gasteiger partial charge on any atom is -0.478 e. The molecule has 0 saturated heterocycles. The second kappa shape index (κ2) is 9.72. The van der Waals surface area contributed by atoms with Crippen LogP contribution in [0.3, 0.4) is 0 Å². The van der Waals surface area contributed by atoms with Crippen LogP contribution in [0.25, 0.3) is 0 Å². The Balaban J connectivity index is 1.64. The molecule has 6 heteroatoms. The van der Waals surface area contributed by atoms with Crippen LogP contribution in [-0.2, 0) is 14.3 Å². The third kappa shape index (κ3) is 4.17. The first-order valence-corrected chi connectivity index (χ1v) is 15.4. The van der Waals surface area contributed by atoms with Gasteiger partial charge in [0.15, 0.2) is 0 Å². The van der Waals surface area contributed by atoms with E-state index in [-0.39, 0.29) is 52.1 Å². The monoisotopic (exact) mass is 541 g/mol. The number of carbonyl (C=O) groups is 2. The van der Waals surface area contributed by atoms with Crippen molar-refractivity contribution in [2.24, 2.45) is 51.6 Å². The maximum Gasteiger partial charge on any atom is 0.331 e. The molecule has 0 amide bonds. The molecule has 0 aromatic carbocycles. The molecule has 0 spiro atoms. The van der Waals surface area contributed by atoms with E-state index in [0.717, 1.165) is 56.9 Å². The van der Waals surface area contributed by atoms with Gasteiger partial charge in [0.05, 0.1) is 6.10 Å². The van der Waals surface area contributed by atoms with Crippen LogP contribution in [0.4, 0.5) is 0 Å². The average molecular weight is 542 g/mol. The van der Waals surface area contributed by atoms with Crippen molar-refractivity contribution in [3.63, 3.8) is 0 Å². The van der Waals surface area contributed by atoms with Gasteiger partial charge in [-0.2, -0.15) is 0 Å². The molecule has 11 atom stereocenters. The van der Waals surface area contributed by atoms with Crippen LogP contribution in [0.5, 0.6) is 0 Å². The first kappa shape index (κ1) is 28.9. The van der Waals surface area contributed by atoms with E-state index in [1.54, 1.807) is 0 Å². The first-order valence-electron chi connectivity index (χ1n) is 15.4. The zero-order valence-corrected chi connectivity index (χ0v) is 25.2. The summed E-state index contributed by atoms with van der Waals surface area (Å²) in [6, 6.07) is -0.194. The highest BCUT2D eigenvalue weighted by atomic mass is 16.5. The third-order valence-electron chi connectivity index (χ3n) is 13.1. The molecule has 0 radical (unpaired) electrons. The molecular formula is C33H51NO5. The van der Waals surface area contributed by atoms with Gasteiger partial charge in [0.25, 0.3) is 0 Å². The summed E-state index contributed by atoms with van der Waals surface area (Å²) in [6.45, 7) is 15.1. The van der Waals surface area contributed by atoms with Gasteiger partial charge in [-0.05, 0) is 117 Å². The number of ether oxygens (including phenoxy) is 1. The van der Waals surface area contributed by atoms with E-state index in [9.17, 15) is 19.8 Å². The Hall–Kier alpha value is -1.66. The maximum atomic E-state index is 13.1. The van der Waals surface area contributed by atoms with Crippen LogP contribution >= 0.6 is 0 Å². The van der Waals surface area contributed by atoms with Crippen molar-refractivity contribution in [2.75, 3.05) is 0 Å². The van der Waals surface area contributed by atoms with Gasteiger partial charge in [0.1, 0.15) is 6.10 Å². The van der Waals surface area contributed by atoms with E-state index in [0.29, 0.717) is 23.8 Å². The summed E-state index contributed by atoms with van der Waals surface area (Å²) in [6.07, 6.45) is 7.12.